The van der Waals surface area contributed by atoms with Crippen LogP contribution in [0, 0.1) is 5.92 Å². The number of likely N-dealkylation sites (N-methyl/N-ethyl adjacent to an activating group) is 1. The maximum Gasteiger partial charge on any atom is 0.120 e. The molecule has 0 aliphatic heterocycles. The van der Waals surface area contributed by atoms with Crippen molar-refractivity contribution in [2.45, 2.75) is 19.9 Å². The first-order valence-electron chi connectivity index (χ1n) is 6.49. The summed E-state index contributed by atoms with van der Waals surface area (Å²) >= 11 is 0. The van der Waals surface area contributed by atoms with Gasteiger partial charge in [-0.15, -0.1) is 0 Å². The zero-order chi connectivity index (χ0) is 13.0. The maximum atomic E-state index is 5.87. The first-order chi connectivity index (χ1) is 8.70. The van der Waals surface area contributed by atoms with Crippen molar-refractivity contribution in [1.29, 1.82) is 0 Å². The van der Waals surface area contributed by atoms with E-state index in [1.165, 1.54) is 10.8 Å². The largest absolute Gasteiger partial charge is 0.492 e. The Morgan fingerprint density at radius 2 is 1.78 bits per heavy atom. The highest BCUT2D eigenvalue weighted by molar-refractivity contribution is 5.83. The third kappa shape index (κ3) is 3.02. The molecule has 1 atom stereocenters. The molecule has 0 bridgehead atoms. The minimum Gasteiger partial charge on any atom is -0.492 e. The summed E-state index contributed by atoms with van der Waals surface area (Å²) in [6, 6.07) is 15.0. The Morgan fingerprint density at radius 1 is 1.06 bits per heavy atom. The van der Waals surface area contributed by atoms with Gasteiger partial charge in [-0.05, 0) is 35.9 Å². The zero-order valence-electron chi connectivity index (χ0n) is 11.3. The summed E-state index contributed by atoms with van der Waals surface area (Å²) in [5, 5.41) is 5.76. The third-order valence-corrected chi connectivity index (χ3v) is 3.33. The van der Waals surface area contributed by atoms with E-state index in [1.54, 1.807) is 0 Å². The Labute approximate surface area is 109 Å². The lowest BCUT2D eigenvalue weighted by Gasteiger charge is -2.20. The van der Waals surface area contributed by atoms with Crippen molar-refractivity contribution in [2.75, 3.05) is 13.7 Å². The quantitative estimate of drug-likeness (QED) is 0.868. The van der Waals surface area contributed by atoms with E-state index in [4.69, 9.17) is 4.74 Å². The van der Waals surface area contributed by atoms with Gasteiger partial charge in [0.15, 0.2) is 0 Å². The first-order valence-corrected chi connectivity index (χ1v) is 6.49. The highest BCUT2D eigenvalue weighted by Crippen LogP contribution is 2.20. The van der Waals surface area contributed by atoms with Gasteiger partial charge < -0.3 is 10.1 Å². The van der Waals surface area contributed by atoms with Crippen LogP contribution in [0.4, 0.5) is 0 Å². The second-order valence-corrected chi connectivity index (χ2v) is 4.96. The molecule has 0 aromatic heterocycles. The van der Waals surface area contributed by atoms with Crippen LogP contribution in [0.5, 0.6) is 5.75 Å². The van der Waals surface area contributed by atoms with Crippen LogP contribution in [0.2, 0.25) is 0 Å². The molecule has 0 heterocycles. The molecule has 0 saturated carbocycles. The number of nitrogens with one attached hydrogen (secondary N) is 1. The topological polar surface area (TPSA) is 21.3 Å². The van der Waals surface area contributed by atoms with Crippen molar-refractivity contribution in [2.24, 2.45) is 5.92 Å². The molecule has 0 saturated heterocycles. The number of ether oxygens (including phenoxy) is 1. The molecule has 2 aromatic rings. The fourth-order valence-electron chi connectivity index (χ4n) is 2.05. The SMILES string of the molecule is CNC(COc1ccc2ccccc2c1)C(C)C. The van der Waals surface area contributed by atoms with Crippen LogP contribution >= 0.6 is 0 Å². The van der Waals surface area contributed by atoms with Gasteiger partial charge >= 0.3 is 0 Å². The van der Waals surface area contributed by atoms with Gasteiger partial charge in [0.25, 0.3) is 0 Å². The summed E-state index contributed by atoms with van der Waals surface area (Å²) in [7, 11) is 1.98. The van der Waals surface area contributed by atoms with E-state index in [2.05, 4.69) is 55.6 Å². The number of fused-ring (bicyclic) bond motifs is 1. The Hall–Kier alpha value is -1.54. The smallest absolute Gasteiger partial charge is 0.120 e. The Bertz CT molecular complexity index is 507. The average molecular weight is 243 g/mol. The van der Waals surface area contributed by atoms with Crippen molar-refractivity contribution >= 4 is 10.8 Å². The predicted octanol–water partition coefficient (Wildman–Crippen LogP) is 3.46. The minimum absolute atomic E-state index is 0.386. The molecule has 2 nitrogen and oxygen atoms in total. The van der Waals surface area contributed by atoms with Crippen LogP contribution in [-0.4, -0.2) is 19.7 Å². The summed E-state index contributed by atoms with van der Waals surface area (Å²) in [4.78, 5) is 0. The predicted molar refractivity (Wildman–Crippen MR) is 77.1 cm³/mol. The van der Waals surface area contributed by atoms with Gasteiger partial charge in [-0.25, -0.2) is 0 Å². The van der Waals surface area contributed by atoms with Crippen LogP contribution in [0.25, 0.3) is 10.8 Å². The average Bonchev–Trinajstić information content (AvgIpc) is 2.39. The molecular weight excluding hydrogens is 222 g/mol. The maximum absolute atomic E-state index is 5.87. The van der Waals surface area contributed by atoms with Crippen LogP contribution in [0.3, 0.4) is 0 Å². The fourth-order valence-corrected chi connectivity index (χ4v) is 2.05. The molecule has 1 N–H and O–H groups in total. The standard InChI is InChI=1S/C16H21NO/c1-12(2)16(17-3)11-18-15-9-8-13-6-4-5-7-14(13)10-15/h4-10,12,16-17H,11H2,1-3H3. The van der Waals surface area contributed by atoms with Gasteiger partial charge in [0.05, 0.1) is 0 Å². The Morgan fingerprint density at radius 3 is 2.44 bits per heavy atom. The van der Waals surface area contributed by atoms with Crippen LogP contribution in [0.1, 0.15) is 13.8 Å². The number of rotatable bonds is 5. The van der Waals surface area contributed by atoms with Crippen molar-refractivity contribution in [3.63, 3.8) is 0 Å². The van der Waals surface area contributed by atoms with E-state index >= 15 is 0 Å². The van der Waals surface area contributed by atoms with E-state index in [-0.39, 0.29) is 0 Å². The summed E-state index contributed by atoms with van der Waals surface area (Å²) in [5.74, 6) is 1.50. The lowest BCUT2D eigenvalue weighted by molar-refractivity contribution is 0.238. The van der Waals surface area contributed by atoms with Gasteiger partial charge in [-0.3, -0.25) is 0 Å². The van der Waals surface area contributed by atoms with Crippen LogP contribution in [0.15, 0.2) is 42.5 Å². The zero-order valence-corrected chi connectivity index (χ0v) is 11.3. The molecule has 0 fully saturated rings. The fraction of sp³-hybridized carbons (Fsp3) is 0.375. The molecule has 0 aliphatic carbocycles. The monoisotopic (exact) mass is 243 g/mol. The van der Waals surface area contributed by atoms with Crippen molar-refractivity contribution in [3.8, 4) is 5.75 Å². The highest BCUT2D eigenvalue weighted by Gasteiger charge is 2.11. The Kier molecular flexibility index (Phi) is 4.21. The van der Waals surface area contributed by atoms with E-state index in [1.807, 2.05) is 13.1 Å². The van der Waals surface area contributed by atoms with Crippen molar-refractivity contribution < 1.29 is 4.74 Å². The summed E-state index contributed by atoms with van der Waals surface area (Å²) in [6.07, 6.45) is 0. The number of hydrogen-bond donors (Lipinski definition) is 1. The lowest BCUT2D eigenvalue weighted by atomic mass is 10.1. The normalized spacial score (nSPS) is 12.9. The first kappa shape index (κ1) is 12.9. The lowest BCUT2D eigenvalue weighted by Crippen LogP contribution is -2.36. The second kappa shape index (κ2) is 5.87. The molecule has 18 heavy (non-hydrogen) atoms. The summed E-state index contributed by atoms with van der Waals surface area (Å²) in [5.41, 5.74) is 0. The second-order valence-electron chi connectivity index (χ2n) is 4.96. The molecule has 1 unspecified atom stereocenters. The highest BCUT2D eigenvalue weighted by atomic mass is 16.5. The number of hydrogen-bond acceptors (Lipinski definition) is 2. The van der Waals surface area contributed by atoms with Crippen molar-refractivity contribution in [1.82, 2.24) is 5.32 Å². The molecule has 96 valence electrons. The molecule has 0 aliphatic rings. The van der Waals surface area contributed by atoms with Crippen LogP contribution in [-0.2, 0) is 0 Å². The Balaban J connectivity index is 2.07. The summed E-state index contributed by atoms with van der Waals surface area (Å²) in [6.45, 7) is 5.10. The summed E-state index contributed by atoms with van der Waals surface area (Å²) < 4.78 is 5.87. The molecular formula is C16H21NO. The molecule has 0 amide bonds. The van der Waals surface area contributed by atoms with Gasteiger partial charge in [0.1, 0.15) is 12.4 Å². The van der Waals surface area contributed by atoms with Gasteiger partial charge in [-0.1, -0.05) is 44.2 Å². The van der Waals surface area contributed by atoms with E-state index in [9.17, 15) is 0 Å². The van der Waals surface area contributed by atoms with Gasteiger partial charge in [-0.2, -0.15) is 0 Å². The van der Waals surface area contributed by atoms with E-state index in [0.29, 0.717) is 18.6 Å². The van der Waals surface area contributed by atoms with Crippen LogP contribution < -0.4 is 10.1 Å². The molecule has 0 spiro atoms. The molecule has 0 radical (unpaired) electrons. The third-order valence-electron chi connectivity index (χ3n) is 3.33. The van der Waals surface area contributed by atoms with Gasteiger partial charge in [0.2, 0.25) is 0 Å². The van der Waals surface area contributed by atoms with Gasteiger partial charge in [0, 0.05) is 6.04 Å². The van der Waals surface area contributed by atoms with Crippen molar-refractivity contribution in [3.05, 3.63) is 42.5 Å². The molecule has 2 aromatic carbocycles. The number of benzene rings is 2. The molecule has 2 rings (SSSR count). The van der Waals surface area contributed by atoms with E-state index in [0.717, 1.165) is 5.75 Å². The molecule has 2 heteroatoms. The minimum atomic E-state index is 0.386. The van der Waals surface area contributed by atoms with E-state index < -0.39 is 0 Å².